The highest BCUT2D eigenvalue weighted by molar-refractivity contribution is 5.98. The number of hydrogen-bond acceptors (Lipinski definition) is 8. The lowest BCUT2D eigenvalue weighted by molar-refractivity contribution is 0.100. The summed E-state index contributed by atoms with van der Waals surface area (Å²) in [6, 6.07) is 6.32. The van der Waals surface area contributed by atoms with Crippen LogP contribution in [0.2, 0.25) is 0 Å². The summed E-state index contributed by atoms with van der Waals surface area (Å²) in [6.07, 6.45) is 8.64. The molecule has 3 aromatic heterocycles. The van der Waals surface area contributed by atoms with Crippen molar-refractivity contribution >= 4 is 23.2 Å². The number of ether oxygens (including phenoxy) is 1. The Hall–Kier alpha value is -3.79. The second-order valence-corrected chi connectivity index (χ2v) is 7.95. The maximum atomic E-state index is 14.7. The Balaban J connectivity index is 1.64. The largest absolute Gasteiger partial charge is 0.481 e. The Morgan fingerprint density at radius 3 is 2.73 bits per heavy atom. The summed E-state index contributed by atoms with van der Waals surface area (Å²) < 4.78 is 19.9. The number of carbonyl (C=O) groups is 1. The van der Waals surface area contributed by atoms with Gasteiger partial charge in [0.25, 0.3) is 5.91 Å². The van der Waals surface area contributed by atoms with E-state index in [2.05, 4.69) is 25.6 Å². The van der Waals surface area contributed by atoms with Crippen molar-refractivity contribution in [3.63, 3.8) is 0 Å². The number of methoxy groups -OCH3 is 1. The summed E-state index contributed by atoms with van der Waals surface area (Å²) in [5.41, 5.74) is 13.8. The minimum Gasteiger partial charge on any atom is -0.481 e. The average Bonchev–Trinajstić information content (AvgIpc) is 2.82. The summed E-state index contributed by atoms with van der Waals surface area (Å²) in [5.74, 6) is -0.843. The van der Waals surface area contributed by atoms with E-state index in [9.17, 15) is 9.18 Å². The van der Waals surface area contributed by atoms with E-state index in [4.69, 9.17) is 16.2 Å². The van der Waals surface area contributed by atoms with Crippen molar-refractivity contribution < 1.29 is 13.9 Å². The van der Waals surface area contributed by atoms with Gasteiger partial charge in [-0.1, -0.05) is 12.8 Å². The first-order chi connectivity index (χ1) is 15.9. The number of amides is 1. The van der Waals surface area contributed by atoms with Gasteiger partial charge in [0.15, 0.2) is 11.6 Å². The summed E-state index contributed by atoms with van der Waals surface area (Å²) in [6.45, 7) is 0. The fraction of sp³-hybridized carbons (Fsp3) is 0.304. The second-order valence-electron chi connectivity index (χ2n) is 7.95. The molecule has 10 heteroatoms. The number of hydrogen-bond donors (Lipinski definition) is 4. The highest BCUT2D eigenvalue weighted by Gasteiger charge is 2.24. The van der Waals surface area contributed by atoms with Crippen LogP contribution in [0.15, 0.2) is 42.9 Å². The van der Waals surface area contributed by atoms with Crippen molar-refractivity contribution in [1.82, 2.24) is 15.0 Å². The van der Waals surface area contributed by atoms with E-state index in [-0.39, 0.29) is 29.3 Å². The Morgan fingerprint density at radius 2 is 1.97 bits per heavy atom. The molecule has 1 aliphatic rings. The number of rotatable bonds is 7. The van der Waals surface area contributed by atoms with Crippen LogP contribution in [-0.2, 0) is 0 Å². The van der Waals surface area contributed by atoms with Crippen molar-refractivity contribution in [1.29, 1.82) is 0 Å². The summed E-state index contributed by atoms with van der Waals surface area (Å²) in [4.78, 5) is 24.7. The van der Waals surface area contributed by atoms with Gasteiger partial charge in [-0.25, -0.2) is 14.4 Å². The summed E-state index contributed by atoms with van der Waals surface area (Å²) in [7, 11) is 1.54. The molecule has 3 aromatic rings. The molecular weight excluding hydrogens is 425 g/mol. The van der Waals surface area contributed by atoms with Gasteiger partial charge in [0, 0.05) is 36.1 Å². The minimum atomic E-state index is -0.798. The number of nitrogens with two attached hydrogens (primary N) is 2. The maximum Gasteiger partial charge on any atom is 0.252 e. The number of halogens is 1. The fourth-order valence-corrected chi connectivity index (χ4v) is 3.89. The van der Waals surface area contributed by atoms with Gasteiger partial charge in [-0.3, -0.25) is 9.78 Å². The first kappa shape index (κ1) is 22.4. The van der Waals surface area contributed by atoms with Gasteiger partial charge in [-0.15, -0.1) is 0 Å². The molecule has 4 rings (SSSR count). The van der Waals surface area contributed by atoms with Crippen LogP contribution in [-0.4, -0.2) is 40.1 Å². The van der Waals surface area contributed by atoms with Crippen LogP contribution in [0.5, 0.6) is 5.88 Å². The molecule has 3 heterocycles. The first-order valence-corrected chi connectivity index (χ1v) is 10.7. The van der Waals surface area contributed by atoms with Crippen LogP contribution >= 0.6 is 0 Å². The predicted octanol–water partition coefficient (Wildman–Crippen LogP) is 3.21. The number of primary amides is 1. The van der Waals surface area contributed by atoms with Crippen LogP contribution in [0.25, 0.3) is 11.1 Å². The molecule has 0 radical (unpaired) electrons. The van der Waals surface area contributed by atoms with E-state index in [1.54, 1.807) is 31.8 Å². The molecule has 1 aliphatic carbocycles. The number of pyridine rings is 3. The zero-order valence-electron chi connectivity index (χ0n) is 18.2. The topological polar surface area (TPSA) is 141 Å². The average molecular weight is 452 g/mol. The molecule has 9 nitrogen and oxygen atoms in total. The lowest BCUT2D eigenvalue weighted by atomic mass is 9.91. The fourth-order valence-electron chi connectivity index (χ4n) is 3.89. The zero-order chi connectivity index (χ0) is 23.4. The van der Waals surface area contributed by atoms with Crippen molar-refractivity contribution in [3.05, 3.63) is 54.2 Å². The standard InChI is InChI=1S/C23H26FN7O2/c1-33-20-9-13(6-7-28-20)14-8-15(12-27-11-14)29-22-16(21(26)32)10-17(24)23(31-22)30-19-5-3-2-4-18(19)25/h6-12,18-19H,2-5,25H2,1H3,(H2,26,32)(H2,29,30,31)/t18-,19+/m0/s1. The van der Waals surface area contributed by atoms with Crippen molar-refractivity contribution in [3.8, 4) is 17.0 Å². The van der Waals surface area contributed by atoms with E-state index in [0.29, 0.717) is 11.6 Å². The highest BCUT2D eigenvalue weighted by Crippen LogP contribution is 2.29. The lowest BCUT2D eigenvalue weighted by Crippen LogP contribution is -2.43. The number of nitrogens with zero attached hydrogens (tertiary/aromatic N) is 3. The smallest absolute Gasteiger partial charge is 0.252 e. The lowest BCUT2D eigenvalue weighted by Gasteiger charge is -2.30. The molecule has 33 heavy (non-hydrogen) atoms. The van der Waals surface area contributed by atoms with Gasteiger partial charge in [-0.05, 0) is 36.6 Å². The van der Waals surface area contributed by atoms with Gasteiger partial charge in [-0.2, -0.15) is 0 Å². The van der Waals surface area contributed by atoms with Crippen LogP contribution in [0.3, 0.4) is 0 Å². The molecule has 1 amide bonds. The predicted molar refractivity (Wildman–Crippen MR) is 124 cm³/mol. The van der Waals surface area contributed by atoms with E-state index in [1.165, 1.54) is 0 Å². The number of carbonyl (C=O) groups excluding carboxylic acids is 1. The SMILES string of the molecule is COc1cc(-c2cncc(Nc3nc(N[C@@H]4CCCC[C@@H]4N)c(F)cc3C(N)=O)c2)ccn1. The molecule has 0 saturated heterocycles. The maximum absolute atomic E-state index is 14.7. The molecule has 0 aromatic carbocycles. The van der Waals surface area contributed by atoms with Gasteiger partial charge in [0.2, 0.25) is 5.88 Å². The number of aromatic nitrogens is 3. The van der Waals surface area contributed by atoms with E-state index < -0.39 is 11.7 Å². The number of nitrogens with one attached hydrogen (secondary N) is 2. The molecule has 0 bridgehead atoms. The van der Waals surface area contributed by atoms with Gasteiger partial charge >= 0.3 is 0 Å². The summed E-state index contributed by atoms with van der Waals surface area (Å²) in [5, 5.41) is 6.15. The summed E-state index contributed by atoms with van der Waals surface area (Å²) >= 11 is 0. The Morgan fingerprint density at radius 1 is 1.15 bits per heavy atom. The normalized spacial score (nSPS) is 17.9. The van der Waals surface area contributed by atoms with Crippen molar-refractivity contribution in [2.24, 2.45) is 11.5 Å². The third-order valence-electron chi connectivity index (χ3n) is 5.66. The first-order valence-electron chi connectivity index (χ1n) is 10.7. The van der Waals surface area contributed by atoms with Crippen molar-refractivity contribution in [2.75, 3.05) is 17.7 Å². The molecule has 6 N–H and O–H groups in total. The Bertz CT molecular complexity index is 1160. The van der Waals surface area contributed by atoms with Crippen LogP contribution in [0, 0.1) is 5.82 Å². The zero-order valence-corrected chi connectivity index (χ0v) is 18.2. The Kier molecular flexibility index (Phi) is 6.64. The van der Waals surface area contributed by atoms with E-state index in [1.807, 2.05) is 12.1 Å². The third-order valence-corrected chi connectivity index (χ3v) is 5.66. The number of anilines is 3. The third kappa shape index (κ3) is 5.17. The van der Waals surface area contributed by atoms with Crippen molar-refractivity contribution in [2.45, 2.75) is 37.8 Å². The van der Waals surface area contributed by atoms with Crippen LogP contribution in [0.4, 0.5) is 21.7 Å². The molecule has 1 saturated carbocycles. The molecular formula is C23H26FN7O2. The molecule has 1 fully saturated rings. The molecule has 0 spiro atoms. The van der Waals surface area contributed by atoms with Gasteiger partial charge in [0.1, 0.15) is 5.82 Å². The quantitative estimate of drug-likeness (QED) is 0.429. The monoisotopic (exact) mass is 451 g/mol. The Labute approximate surface area is 190 Å². The molecule has 172 valence electrons. The van der Waals surface area contributed by atoms with Crippen LogP contribution < -0.4 is 26.8 Å². The molecule has 0 unspecified atom stereocenters. The highest BCUT2D eigenvalue weighted by atomic mass is 19.1. The molecule has 2 atom stereocenters. The van der Waals surface area contributed by atoms with Gasteiger partial charge in [0.05, 0.1) is 24.6 Å². The van der Waals surface area contributed by atoms with E-state index in [0.717, 1.165) is 42.9 Å². The van der Waals surface area contributed by atoms with E-state index >= 15 is 0 Å². The van der Waals surface area contributed by atoms with Crippen LogP contribution in [0.1, 0.15) is 36.0 Å². The minimum absolute atomic E-state index is 0.0211. The second kappa shape index (κ2) is 9.78. The van der Waals surface area contributed by atoms with Gasteiger partial charge < -0.3 is 26.8 Å². The molecule has 0 aliphatic heterocycles.